The van der Waals surface area contributed by atoms with Gasteiger partial charge in [-0.05, 0) is 30.4 Å². The molecule has 0 spiro atoms. The van der Waals surface area contributed by atoms with Crippen LogP contribution >= 0.6 is 24.0 Å². The smallest absolute Gasteiger partial charge is 0.191 e. The van der Waals surface area contributed by atoms with Crippen LogP contribution < -0.4 is 10.6 Å². The first-order chi connectivity index (χ1) is 11.7. The van der Waals surface area contributed by atoms with Gasteiger partial charge < -0.3 is 10.6 Å². The van der Waals surface area contributed by atoms with E-state index in [0.29, 0.717) is 6.54 Å². The molecule has 0 aliphatic carbocycles. The van der Waals surface area contributed by atoms with Crippen LogP contribution in [0.1, 0.15) is 48.8 Å². The van der Waals surface area contributed by atoms with Gasteiger partial charge in [-0.15, -0.1) is 24.0 Å². The lowest BCUT2D eigenvalue weighted by molar-refractivity contribution is 0.590. The first-order valence-corrected chi connectivity index (χ1v) is 8.75. The number of hydrogen-bond donors (Lipinski definition) is 2. The van der Waals surface area contributed by atoms with Crippen molar-refractivity contribution in [3.05, 3.63) is 52.3 Å². The van der Waals surface area contributed by atoms with E-state index >= 15 is 0 Å². The van der Waals surface area contributed by atoms with Gasteiger partial charge in [0.25, 0.3) is 0 Å². The van der Waals surface area contributed by atoms with E-state index in [1.54, 1.807) is 7.05 Å². The minimum absolute atomic E-state index is 0. The molecule has 0 saturated heterocycles. The molecule has 0 amide bonds. The highest BCUT2D eigenvalue weighted by Gasteiger charge is 2.13. The zero-order valence-electron chi connectivity index (χ0n) is 17.0. The van der Waals surface area contributed by atoms with E-state index in [1.807, 2.05) is 18.7 Å². The van der Waals surface area contributed by atoms with E-state index in [9.17, 15) is 0 Å². The van der Waals surface area contributed by atoms with Crippen LogP contribution in [0.15, 0.2) is 29.3 Å². The molecule has 1 aromatic carbocycles. The maximum absolute atomic E-state index is 4.45. The Morgan fingerprint density at radius 2 is 1.65 bits per heavy atom. The number of rotatable bonds is 4. The lowest BCUT2D eigenvalue weighted by atomic mass is 9.87. The molecule has 0 saturated carbocycles. The number of aromatic nitrogens is 2. The van der Waals surface area contributed by atoms with Crippen LogP contribution in [-0.4, -0.2) is 22.8 Å². The molecule has 0 radical (unpaired) electrons. The number of aliphatic imine (C=N–C) groups is 1. The first kappa shape index (κ1) is 22.5. The number of hydrogen-bond acceptors (Lipinski definition) is 2. The van der Waals surface area contributed by atoms with Crippen molar-refractivity contribution in [3.63, 3.8) is 0 Å². The Morgan fingerprint density at radius 1 is 1.08 bits per heavy atom. The topological polar surface area (TPSA) is 54.2 Å². The summed E-state index contributed by atoms with van der Waals surface area (Å²) in [5.41, 5.74) is 6.23. The number of guanidine groups is 1. The third-order valence-corrected chi connectivity index (χ3v) is 4.60. The minimum Gasteiger partial charge on any atom is -0.352 e. The maximum atomic E-state index is 4.45. The van der Waals surface area contributed by atoms with E-state index in [2.05, 4.69) is 72.7 Å². The van der Waals surface area contributed by atoms with Crippen LogP contribution in [0.4, 0.5) is 0 Å². The van der Waals surface area contributed by atoms with Gasteiger partial charge in [0.2, 0.25) is 0 Å². The monoisotopic (exact) mass is 469 g/mol. The SMILES string of the molecule is CN=C(NCc1ccc(C(C)(C)C)cc1)NCc1c(C)nn(C)c1C.I. The highest BCUT2D eigenvalue weighted by Crippen LogP contribution is 2.22. The lowest BCUT2D eigenvalue weighted by Crippen LogP contribution is -2.36. The summed E-state index contributed by atoms with van der Waals surface area (Å²) in [4.78, 5) is 4.31. The quantitative estimate of drug-likeness (QED) is 0.407. The molecular weight excluding hydrogens is 437 g/mol. The van der Waals surface area contributed by atoms with Crippen LogP contribution in [0, 0.1) is 13.8 Å². The Morgan fingerprint density at radius 3 is 2.12 bits per heavy atom. The summed E-state index contributed by atoms with van der Waals surface area (Å²) >= 11 is 0. The molecule has 0 fully saturated rings. The average molecular weight is 469 g/mol. The van der Waals surface area contributed by atoms with Crippen molar-refractivity contribution in [2.75, 3.05) is 7.05 Å². The van der Waals surface area contributed by atoms with Crippen molar-refractivity contribution in [3.8, 4) is 0 Å². The van der Waals surface area contributed by atoms with Crippen LogP contribution in [0.25, 0.3) is 0 Å². The molecular formula is C20H32IN5. The van der Waals surface area contributed by atoms with E-state index in [4.69, 9.17) is 0 Å². The second kappa shape index (κ2) is 9.39. The summed E-state index contributed by atoms with van der Waals surface area (Å²) in [7, 11) is 3.77. The van der Waals surface area contributed by atoms with Gasteiger partial charge in [-0.25, -0.2) is 0 Å². The van der Waals surface area contributed by atoms with Crippen molar-refractivity contribution < 1.29 is 0 Å². The summed E-state index contributed by atoms with van der Waals surface area (Å²) in [6, 6.07) is 8.76. The number of halogens is 1. The fraction of sp³-hybridized carbons (Fsp3) is 0.500. The molecule has 0 unspecified atom stereocenters. The number of nitrogens with one attached hydrogen (secondary N) is 2. The van der Waals surface area contributed by atoms with Crippen LogP contribution in [-0.2, 0) is 25.6 Å². The van der Waals surface area contributed by atoms with Gasteiger partial charge in [0.15, 0.2) is 5.96 Å². The predicted octanol–water partition coefficient (Wildman–Crippen LogP) is 3.82. The summed E-state index contributed by atoms with van der Waals surface area (Å²) in [5.74, 6) is 0.794. The number of nitrogens with zero attached hydrogens (tertiary/aromatic N) is 3. The fourth-order valence-electron chi connectivity index (χ4n) is 2.77. The summed E-state index contributed by atoms with van der Waals surface area (Å²) in [6.45, 7) is 12.3. The van der Waals surface area contributed by atoms with Crippen molar-refractivity contribution in [1.29, 1.82) is 0 Å². The van der Waals surface area contributed by atoms with E-state index in [-0.39, 0.29) is 29.4 Å². The van der Waals surface area contributed by atoms with Gasteiger partial charge in [-0.1, -0.05) is 45.0 Å². The molecule has 1 heterocycles. The van der Waals surface area contributed by atoms with Gasteiger partial charge >= 0.3 is 0 Å². The summed E-state index contributed by atoms with van der Waals surface area (Å²) < 4.78 is 1.92. The average Bonchev–Trinajstić information content (AvgIpc) is 2.80. The molecule has 0 atom stereocenters. The molecule has 144 valence electrons. The van der Waals surface area contributed by atoms with Gasteiger partial charge in [-0.2, -0.15) is 5.10 Å². The largest absolute Gasteiger partial charge is 0.352 e. The van der Waals surface area contributed by atoms with Gasteiger partial charge in [-0.3, -0.25) is 9.67 Å². The van der Waals surface area contributed by atoms with E-state index in [0.717, 1.165) is 18.2 Å². The maximum Gasteiger partial charge on any atom is 0.191 e. The van der Waals surface area contributed by atoms with Crippen LogP contribution in [0.3, 0.4) is 0 Å². The second-order valence-electron chi connectivity index (χ2n) is 7.50. The van der Waals surface area contributed by atoms with Crippen molar-refractivity contribution in [1.82, 2.24) is 20.4 Å². The Balaban J connectivity index is 0.00000338. The zero-order valence-corrected chi connectivity index (χ0v) is 19.3. The number of benzene rings is 1. The highest BCUT2D eigenvalue weighted by atomic mass is 127. The minimum atomic E-state index is 0. The Bertz CT molecular complexity index is 739. The molecule has 0 aliphatic heterocycles. The Labute approximate surface area is 174 Å². The zero-order chi connectivity index (χ0) is 18.6. The second-order valence-corrected chi connectivity index (χ2v) is 7.50. The van der Waals surface area contributed by atoms with Gasteiger partial charge in [0.05, 0.1) is 5.69 Å². The first-order valence-electron chi connectivity index (χ1n) is 8.75. The van der Waals surface area contributed by atoms with E-state index < -0.39 is 0 Å². The molecule has 6 heteroatoms. The normalized spacial score (nSPS) is 11.9. The fourth-order valence-corrected chi connectivity index (χ4v) is 2.77. The third kappa shape index (κ3) is 5.72. The molecule has 0 bridgehead atoms. The molecule has 5 nitrogen and oxygen atoms in total. The predicted molar refractivity (Wildman–Crippen MR) is 120 cm³/mol. The molecule has 2 rings (SSSR count). The summed E-state index contributed by atoms with van der Waals surface area (Å²) in [6.07, 6.45) is 0. The van der Waals surface area contributed by atoms with Crippen molar-refractivity contribution >= 4 is 29.9 Å². The lowest BCUT2D eigenvalue weighted by Gasteiger charge is -2.19. The summed E-state index contributed by atoms with van der Waals surface area (Å²) in [5, 5.41) is 11.2. The van der Waals surface area contributed by atoms with E-state index in [1.165, 1.54) is 22.4 Å². The van der Waals surface area contributed by atoms with Gasteiger partial charge in [0.1, 0.15) is 0 Å². The Hall–Kier alpha value is -1.57. The molecule has 26 heavy (non-hydrogen) atoms. The highest BCUT2D eigenvalue weighted by molar-refractivity contribution is 14.0. The Kier molecular flexibility index (Phi) is 8.12. The van der Waals surface area contributed by atoms with Crippen LogP contribution in [0.2, 0.25) is 0 Å². The number of aryl methyl sites for hydroxylation is 2. The third-order valence-electron chi connectivity index (χ3n) is 4.60. The molecule has 0 aliphatic rings. The van der Waals surface area contributed by atoms with Crippen LogP contribution in [0.5, 0.6) is 0 Å². The van der Waals surface area contributed by atoms with Crippen molar-refractivity contribution in [2.45, 2.75) is 53.1 Å². The molecule has 2 N–H and O–H groups in total. The standard InChI is InChI=1S/C20H31N5.HI/c1-14-18(15(2)25(7)24-14)13-23-19(21-6)22-12-16-8-10-17(11-9-16)20(3,4)5;/h8-11H,12-13H2,1-7H3,(H2,21,22,23);1H. The van der Waals surface area contributed by atoms with Crippen molar-refractivity contribution in [2.24, 2.45) is 12.0 Å². The van der Waals surface area contributed by atoms with Gasteiger partial charge in [0, 0.05) is 38.4 Å². The molecule has 1 aromatic heterocycles. The molecule has 2 aromatic rings.